The van der Waals surface area contributed by atoms with E-state index in [0.29, 0.717) is 31.3 Å². The van der Waals surface area contributed by atoms with Gasteiger partial charge in [-0.3, -0.25) is 4.79 Å². The van der Waals surface area contributed by atoms with E-state index in [1.54, 1.807) is 14.2 Å². The third-order valence-electron chi connectivity index (χ3n) is 4.81. The lowest BCUT2D eigenvalue weighted by molar-refractivity contribution is -0.132. The van der Waals surface area contributed by atoms with Crippen molar-refractivity contribution in [3.05, 3.63) is 0 Å². The zero-order valence-electron chi connectivity index (χ0n) is 12.9. The Morgan fingerprint density at radius 3 is 2.45 bits per heavy atom. The fourth-order valence-corrected chi connectivity index (χ4v) is 3.34. The Morgan fingerprint density at radius 2 is 1.95 bits per heavy atom. The Morgan fingerprint density at radius 1 is 1.30 bits per heavy atom. The number of piperidine rings is 1. The molecule has 116 valence electrons. The van der Waals surface area contributed by atoms with Crippen molar-refractivity contribution in [1.29, 1.82) is 0 Å². The fraction of sp³-hybridized carbons (Fsp3) is 0.933. The van der Waals surface area contributed by atoms with E-state index in [9.17, 15) is 4.79 Å². The lowest BCUT2D eigenvalue weighted by atomic mass is 9.85. The summed E-state index contributed by atoms with van der Waals surface area (Å²) in [6, 6.07) is 0. The first-order valence-corrected chi connectivity index (χ1v) is 7.69. The van der Waals surface area contributed by atoms with Crippen molar-refractivity contribution in [1.82, 2.24) is 10.2 Å². The molecule has 0 aromatic carbocycles. The predicted octanol–water partition coefficient (Wildman–Crippen LogP) is 0.884. The molecule has 5 nitrogen and oxygen atoms in total. The van der Waals surface area contributed by atoms with Crippen molar-refractivity contribution in [3.63, 3.8) is 0 Å². The first-order chi connectivity index (χ1) is 9.65. The predicted molar refractivity (Wildman–Crippen MR) is 77.5 cm³/mol. The molecule has 0 saturated carbocycles. The average Bonchev–Trinajstić information content (AvgIpc) is 2.91. The van der Waals surface area contributed by atoms with E-state index in [2.05, 4.69) is 12.2 Å². The third-order valence-corrected chi connectivity index (χ3v) is 4.81. The molecule has 2 aliphatic heterocycles. The Hall–Kier alpha value is -0.650. The average molecular weight is 284 g/mol. The van der Waals surface area contributed by atoms with Crippen molar-refractivity contribution < 1.29 is 14.3 Å². The first kappa shape index (κ1) is 15.7. The number of carbonyl (C=O) groups is 1. The Labute approximate surface area is 122 Å². The zero-order valence-corrected chi connectivity index (χ0v) is 12.9. The quantitative estimate of drug-likeness (QED) is 0.814. The molecule has 4 unspecified atom stereocenters. The molecule has 2 saturated heterocycles. The topological polar surface area (TPSA) is 50.8 Å². The largest absolute Gasteiger partial charge is 0.377 e. The fourth-order valence-electron chi connectivity index (χ4n) is 3.34. The van der Waals surface area contributed by atoms with Crippen LogP contribution >= 0.6 is 0 Å². The van der Waals surface area contributed by atoms with Gasteiger partial charge in [-0.15, -0.1) is 0 Å². The van der Waals surface area contributed by atoms with Crippen LogP contribution in [0.4, 0.5) is 0 Å². The number of nitrogens with one attached hydrogen (secondary N) is 1. The molecule has 1 N–H and O–H groups in total. The number of methoxy groups -OCH3 is 2. The summed E-state index contributed by atoms with van der Waals surface area (Å²) in [5.74, 6) is 1.31. The lowest BCUT2D eigenvalue weighted by Gasteiger charge is -2.29. The van der Waals surface area contributed by atoms with Crippen LogP contribution in [0.3, 0.4) is 0 Å². The van der Waals surface area contributed by atoms with Gasteiger partial charge in [-0.2, -0.15) is 0 Å². The van der Waals surface area contributed by atoms with Gasteiger partial charge in [0.15, 0.2) is 0 Å². The maximum absolute atomic E-state index is 12.4. The maximum atomic E-state index is 12.4. The molecular formula is C15H28N2O3. The van der Waals surface area contributed by atoms with Gasteiger partial charge >= 0.3 is 0 Å². The van der Waals surface area contributed by atoms with Gasteiger partial charge in [-0.05, 0) is 37.8 Å². The van der Waals surface area contributed by atoms with Crippen LogP contribution in [0.15, 0.2) is 0 Å². The molecule has 0 aromatic heterocycles. The molecule has 0 radical (unpaired) electrons. The molecule has 0 bridgehead atoms. The minimum Gasteiger partial charge on any atom is -0.377 e. The standard InChI is InChI=1S/C15H28N2O3/c1-11(12-5-4-6-16-8-12)7-15(18)17-9-13(19-2)14(10-17)20-3/h11-14,16H,4-10H2,1-3H3. The molecule has 4 atom stereocenters. The summed E-state index contributed by atoms with van der Waals surface area (Å²) in [4.78, 5) is 14.3. The molecule has 2 rings (SSSR count). The van der Waals surface area contributed by atoms with Crippen LogP contribution in [0.2, 0.25) is 0 Å². The van der Waals surface area contributed by atoms with Gasteiger partial charge < -0.3 is 19.7 Å². The first-order valence-electron chi connectivity index (χ1n) is 7.69. The lowest BCUT2D eigenvalue weighted by Crippen LogP contribution is -2.37. The SMILES string of the molecule is COC1CN(C(=O)CC(C)C2CCCNC2)CC1OC. The van der Waals surface area contributed by atoms with Crippen LogP contribution in [0.5, 0.6) is 0 Å². The van der Waals surface area contributed by atoms with Crippen molar-refractivity contribution in [2.24, 2.45) is 11.8 Å². The van der Waals surface area contributed by atoms with Crippen LogP contribution in [0, 0.1) is 11.8 Å². The summed E-state index contributed by atoms with van der Waals surface area (Å²) in [5.41, 5.74) is 0. The van der Waals surface area contributed by atoms with Crippen molar-refractivity contribution in [2.45, 2.75) is 38.4 Å². The zero-order chi connectivity index (χ0) is 14.5. The summed E-state index contributed by atoms with van der Waals surface area (Å²) in [6.07, 6.45) is 3.12. The summed E-state index contributed by atoms with van der Waals surface area (Å²) >= 11 is 0. The number of likely N-dealkylation sites (tertiary alicyclic amines) is 1. The number of amides is 1. The molecule has 0 aliphatic carbocycles. The van der Waals surface area contributed by atoms with E-state index in [-0.39, 0.29) is 18.1 Å². The highest BCUT2D eigenvalue weighted by atomic mass is 16.5. The van der Waals surface area contributed by atoms with Crippen molar-refractivity contribution >= 4 is 5.91 Å². The van der Waals surface area contributed by atoms with Crippen LogP contribution in [-0.2, 0) is 14.3 Å². The molecule has 2 heterocycles. The van der Waals surface area contributed by atoms with Gasteiger partial charge in [-0.25, -0.2) is 0 Å². The molecular weight excluding hydrogens is 256 g/mol. The summed E-state index contributed by atoms with van der Waals surface area (Å²) in [6.45, 7) is 5.68. The minimum absolute atomic E-state index is 0.00982. The highest BCUT2D eigenvalue weighted by molar-refractivity contribution is 5.77. The summed E-state index contributed by atoms with van der Waals surface area (Å²) < 4.78 is 10.8. The Balaban J connectivity index is 1.82. The van der Waals surface area contributed by atoms with Gasteiger partial charge in [0.25, 0.3) is 0 Å². The van der Waals surface area contributed by atoms with E-state index in [4.69, 9.17) is 9.47 Å². The third kappa shape index (κ3) is 3.71. The van der Waals surface area contributed by atoms with Gasteiger partial charge in [0.2, 0.25) is 5.91 Å². The molecule has 20 heavy (non-hydrogen) atoms. The van der Waals surface area contributed by atoms with Crippen molar-refractivity contribution in [3.8, 4) is 0 Å². The monoisotopic (exact) mass is 284 g/mol. The number of carbonyl (C=O) groups excluding carboxylic acids is 1. The highest BCUT2D eigenvalue weighted by Gasteiger charge is 2.36. The molecule has 0 spiro atoms. The van der Waals surface area contributed by atoms with Crippen LogP contribution < -0.4 is 5.32 Å². The second-order valence-electron chi connectivity index (χ2n) is 6.13. The molecule has 1 amide bonds. The van der Waals surface area contributed by atoms with Crippen LogP contribution in [-0.4, -0.2) is 63.4 Å². The number of ether oxygens (including phenoxy) is 2. The summed E-state index contributed by atoms with van der Waals surface area (Å²) in [7, 11) is 3.36. The van der Waals surface area contributed by atoms with E-state index in [1.807, 2.05) is 4.90 Å². The maximum Gasteiger partial charge on any atom is 0.223 e. The highest BCUT2D eigenvalue weighted by Crippen LogP contribution is 2.25. The normalized spacial score (nSPS) is 32.4. The second-order valence-corrected chi connectivity index (χ2v) is 6.13. The molecule has 2 aliphatic rings. The molecule has 2 fully saturated rings. The molecule has 5 heteroatoms. The van der Waals surface area contributed by atoms with Gasteiger partial charge in [-0.1, -0.05) is 6.92 Å². The van der Waals surface area contributed by atoms with E-state index < -0.39 is 0 Å². The number of hydrogen-bond donors (Lipinski definition) is 1. The second kappa shape index (κ2) is 7.38. The number of rotatable bonds is 5. The van der Waals surface area contributed by atoms with Gasteiger partial charge in [0, 0.05) is 33.7 Å². The Kier molecular flexibility index (Phi) is 5.81. The van der Waals surface area contributed by atoms with E-state index in [0.717, 1.165) is 13.1 Å². The Bertz CT molecular complexity index is 306. The summed E-state index contributed by atoms with van der Waals surface area (Å²) in [5, 5.41) is 3.43. The van der Waals surface area contributed by atoms with Crippen LogP contribution in [0.25, 0.3) is 0 Å². The van der Waals surface area contributed by atoms with E-state index >= 15 is 0 Å². The number of nitrogens with zero attached hydrogens (tertiary/aromatic N) is 1. The van der Waals surface area contributed by atoms with Gasteiger partial charge in [0.05, 0.1) is 0 Å². The minimum atomic E-state index is 0.00982. The van der Waals surface area contributed by atoms with Gasteiger partial charge in [0.1, 0.15) is 12.2 Å². The van der Waals surface area contributed by atoms with Crippen LogP contribution in [0.1, 0.15) is 26.2 Å². The van der Waals surface area contributed by atoms with E-state index in [1.165, 1.54) is 12.8 Å². The van der Waals surface area contributed by atoms with Crippen molar-refractivity contribution in [2.75, 3.05) is 40.4 Å². The molecule has 0 aromatic rings. The smallest absolute Gasteiger partial charge is 0.223 e. The number of hydrogen-bond acceptors (Lipinski definition) is 4.